The van der Waals surface area contributed by atoms with Gasteiger partial charge in [-0.1, -0.05) is 18.2 Å². The second kappa shape index (κ2) is 5.89. The summed E-state index contributed by atoms with van der Waals surface area (Å²) in [4.78, 5) is 5.22. The molecule has 0 heterocycles. The Kier molecular flexibility index (Phi) is 4.43. The Bertz CT molecular complexity index is 641. The summed E-state index contributed by atoms with van der Waals surface area (Å²) < 4.78 is 26.8. The molecule has 0 amide bonds. The maximum Gasteiger partial charge on any atom is 0.286 e. The van der Waals surface area contributed by atoms with Crippen LogP contribution in [0.5, 0.6) is 0 Å². The zero-order valence-electron chi connectivity index (χ0n) is 10.2. The summed E-state index contributed by atoms with van der Waals surface area (Å²) in [6, 6.07) is 15.3. The molecule has 2 rings (SSSR count). The van der Waals surface area contributed by atoms with Crippen molar-refractivity contribution >= 4 is 38.3 Å². The number of rotatable bonds is 4. The Balaban J connectivity index is 2.45. The van der Waals surface area contributed by atoms with Gasteiger partial charge in [0, 0.05) is 3.57 Å². The van der Waals surface area contributed by atoms with Crippen molar-refractivity contribution in [2.75, 3.05) is 11.6 Å². The van der Waals surface area contributed by atoms with Crippen LogP contribution < -0.4 is 4.47 Å². The lowest BCUT2D eigenvalue weighted by molar-refractivity contribution is 0.216. The largest absolute Gasteiger partial charge is 0.286 e. The highest BCUT2D eigenvalue weighted by Crippen LogP contribution is 2.23. The number of nitrogens with zero attached hydrogens (tertiary/aromatic N) is 1. The maximum absolute atomic E-state index is 12.5. The van der Waals surface area contributed by atoms with Crippen LogP contribution in [0.4, 0.5) is 5.69 Å². The minimum absolute atomic E-state index is 0.193. The van der Waals surface area contributed by atoms with E-state index in [0.29, 0.717) is 5.69 Å². The van der Waals surface area contributed by atoms with Crippen molar-refractivity contribution < 1.29 is 13.3 Å². The van der Waals surface area contributed by atoms with Gasteiger partial charge in [0.2, 0.25) is 0 Å². The van der Waals surface area contributed by atoms with E-state index in [2.05, 4.69) is 22.6 Å². The van der Waals surface area contributed by atoms with Gasteiger partial charge in [-0.05, 0) is 59.0 Å². The Morgan fingerprint density at radius 2 is 1.58 bits per heavy atom. The van der Waals surface area contributed by atoms with Crippen molar-refractivity contribution in [3.8, 4) is 0 Å². The summed E-state index contributed by atoms with van der Waals surface area (Å²) in [6.45, 7) is 0. The first-order valence-electron chi connectivity index (χ1n) is 5.46. The van der Waals surface area contributed by atoms with Crippen LogP contribution in [-0.4, -0.2) is 15.5 Å². The fourth-order valence-electron chi connectivity index (χ4n) is 1.59. The zero-order chi connectivity index (χ0) is 13.9. The van der Waals surface area contributed by atoms with Crippen LogP contribution in [0.15, 0.2) is 59.5 Å². The van der Waals surface area contributed by atoms with Gasteiger partial charge in [0.15, 0.2) is 0 Å². The fourth-order valence-corrected chi connectivity index (χ4v) is 3.22. The maximum atomic E-state index is 12.5. The second-order valence-electron chi connectivity index (χ2n) is 3.70. The Hall–Kier alpha value is -1.12. The molecule has 0 aliphatic heterocycles. The fraction of sp³-hybridized carbons (Fsp3) is 0.0769. The topological polar surface area (TPSA) is 46.6 Å². The van der Waals surface area contributed by atoms with E-state index in [0.717, 1.165) is 8.04 Å². The average Bonchev–Trinajstić information content (AvgIpc) is 2.41. The molecular weight excluding hydrogens is 377 g/mol. The third-order valence-electron chi connectivity index (χ3n) is 2.46. The molecule has 100 valence electrons. The number of para-hydroxylation sites is 1. The van der Waals surface area contributed by atoms with Gasteiger partial charge in [-0.2, -0.15) is 8.42 Å². The minimum atomic E-state index is -3.71. The Morgan fingerprint density at radius 1 is 1.00 bits per heavy atom. The van der Waals surface area contributed by atoms with Gasteiger partial charge in [0.25, 0.3) is 10.0 Å². The molecule has 0 bridgehead atoms. The molecule has 0 saturated heterocycles. The summed E-state index contributed by atoms with van der Waals surface area (Å²) in [6.07, 6.45) is 0. The zero-order valence-corrected chi connectivity index (χ0v) is 13.1. The molecule has 0 saturated carbocycles. The van der Waals surface area contributed by atoms with Gasteiger partial charge >= 0.3 is 0 Å². The van der Waals surface area contributed by atoms with Gasteiger partial charge in [-0.3, -0.25) is 4.84 Å². The summed E-state index contributed by atoms with van der Waals surface area (Å²) >= 11 is 2.12. The van der Waals surface area contributed by atoms with Gasteiger partial charge in [0.05, 0.1) is 17.7 Å². The molecule has 2 aromatic carbocycles. The van der Waals surface area contributed by atoms with Crippen LogP contribution in [0.2, 0.25) is 0 Å². The first kappa shape index (κ1) is 14.3. The third kappa shape index (κ3) is 3.07. The molecule has 0 N–H and O–H groups in total. The standard InChI is InChI=1S/C13H12INO3S/c1-18-15(12-5-3-2-4-6-12)19(16,17)13-9-7-11(14)8-10-13/h2-10H,1H3. The van der Waals surface area contributed by atoms with E-state index >= 15 is 0 Å². The van der Waals surface area contributed by atoms with E-state index in [1.165, 1.54) is 7.11 Å². The highest BCUT2D eigenvalue weighted by Gasteiger charge is 2.24. The highest BCUT2D eigenvalue weighted by atomic mass is 127. The summed E-state index contributed by atoms with van der Waals surface area (Å²) in [5, 5.41) is 0. The lowest BCUT2D eigenvalue weighted by Gasteiger charge is -2.21. The molecule has 2 aromatic rings. The lowest BCUT2D eigenvalue weighted by Crippen LogP contribution is -2.29. The molecule has 0 aliphatic rings. The molecule has 0 fully saturated rings. The highest BCUT2D eigenvalue weighted by molar-refractivity contribution is 14.1. The van der Waals surface area contributed by atoms with E-state index in [-0.39, 0.29) is 4.90 Å². The normalized spacial score (nSPS) is 11.3. The number of anilines is 1. The summed E-state index contributed by atoms with van der Waals surface area (Å²) in [5.41, 5.74) is 0.462. The Morgan fingerprint density at radius 3 is 2.11 bits per heavy atom. The number of hydrogen-bond acceptors (Lipinski definition) is 3. The van der Waals surface area contributed by atoms with Crippen LogP contribution in [0.25, 0.3) is 0 Å². The lowest BCUT2D eigenvalue weighted by atomic mass is 10.3. The monoisotopic (exact) mass is 389 g/mol. The summed E-state index contributed by atoms with van der Waals surface area (Å²) in [7, 11) is -2.38. The van der Waals surface area contributed by atoms with Crippen molar-refractivity contribution in [2.45, 2.75) is 4.90 Å². The van der Waals surface area contributed by atoms with E-state index in [4.69, 9.17) is 4.84 Å². The van der Waals surface area contributed by atoms with Crippen LogP contribution in [0.3, 0.4) is 0 Å². The first-order chi connectivity index (χ1) is 9.05. The predicted octanol–water partition coefficient (Wildman–Crippen LogP) is 3.05. The van der Waals surface area contributed by atoms with Crippen molar-refractivity contribution in [1.29, 1.82) is 0 Å². The third-order valence-corrected chi connectivity index (χ3v) is 4.85. The van der Waals surface area contributed by atoms with Crippen molar-refractivity contribution in [2.24, 2.45) is 0 Å². The smallest absolute Gasteiger partial charge is 0.262 e. The van der Waals surface area contributed by atoms with Crippen LogP contribution in [0.1, 0.15) is 0 Å². The van der Waals surface area contributed by atoms with E-state index in [9.17, 15) is 8.42 Å². The molecule has 0 unspecified atom stereocenters. The van der Waals surface area contributed by atoms with Crippen LogP contribution in [0, 0.1) is 3.57 Å². The van der Waals surface area contributed by atoms with Gasteiger partial charge in [-0.15, -0.1) is 4.47 Å². The number of benzene rings is 2. The van der Waals surface area contributed by atoms with Crippen LogP contribution in [-0.2, 0) is 14.9 Å². The molecule has 0 atom stereocenters. The molecule has 19 heavy (non-hydrogen) atoms. The quantitative estimate of drug-likeness (QED) is 0.597. The molecule has 0 aromatic heterocycles. The van der Waals surface area contributed by atoms with Crippen molar-refractivity contribution in [3.05, 3.63) is 58.2 Å². The van der Waals surface area contributed by atoms with Gasteiger partial charge in [-0.25, -0.2) is 0 Å². The van der Waals surface area contributed by atoms with Gasteiger partial charge in [0.1, 0.15) is 0 Å². The van der Waals surface area contributed by atoms with Crippen molar-refractivity contribution in [1.82, 2.24) is 0 Å². The predicted molar refractivity (Wildman–Crippen MR) is 82.3 cm³/mol. The molecule has 4 nitrogen and oxygen atoms in total. The first-order valence-corrected chi connectivity index (χ1v) is 7.97. The van der Waals surface area contributed by atoms with Crippen LogP contribution >= 0.6 is 22.6 Å². The Labute approximate surface area is 126 Å². The number of halogens is 1. The van der Waals surface area contributed by atoms with Crippen molar-refractivity contribution in [3.63, 3.8) is 0 Å². The molecule has 0 spiro atoms. The van der Waals surface area contributed by atoms with Gasteiger partial charge < -0.3 is 0 Å². The number of hydrogen-bond donors (Lipinski definition) is 0. The van der Waals surface area contributed by atoms with E-state index in [1.807, 2.05) is 6.07 Å². The number of sulfonamides is 1. The molecule has 6 heteroatoms. The minimum Gasteiger partial charge on any atom is -0.262 e. The molecule has 0 radical (unpaired) electrons. The molecule has 0 aliphatic carbocycles. The SMILES string of the molecule is CON(c1ccccc1)S(=O)(=O)c1ccc(I)cc1. The average molecular weight is 389 g/mol. The van der Waals surface area contributed by atoms with E-state index in [1.54, 1.807) is 48.5 Å². The summed E-state index contributed by atoms with van der Waals surface area (Å²) in [5.74, 6) is 0. The van der Waals surface area contributed by atoms with E-state index < -0.39 is 10.0 Å². The second-order valence-corrected chi connectivity index (χ2v) is 6.70. The molecular formula is C13H12INO3S.